The Bertz CT molecular complexity index is 700. The van der Waals surface area contributed by atoms with Gasteiger partial charge in [-0.05, 0) is 29.7 Å². The third-order valence-corrected chi connectivity index (χ3v) is 5.15. The molecule has 0 aromatic heterocycles. The van der Waals surface area contributed by atoms with Gasteiger partial charge in [0.15, 0.2) is 0 Å². The molecule has 4 nitrogen and oxygen atoms in total. The predicted octanol–water partition coefficient (Wildman–Crippen LogP) is 3.20. The van der Waals surface area contributed by atoms with Crippen LogP contribution in [-0.4, -0.2) is 34.2 Å². The first-order chi connectivity index (χ1) is 11.1. The molecule has 2 aromatic carbocycles. The van der Waals surface area contributed by atoms with Crippen LogP contribution < -0.4 is 0 Å². The highest BCUT2D eigenvalue weighted by Gasteiger charge is 2.32. The van der Waals surface area contributed by atoms with E-state index >= 15 is 0 Å². The van der Waals surface area contributed by atoms with Crippen LogP contribution in [0.5, 0.6) is 0 Å². The van der Waals surface area contributed by atoms with E-state index in [1.807, 2.05) is 23.1 Å². The summed E-state index contributed by atoms with van der Waals surface area (Å²) in [5.74, 6) is -0.328. The average Bonchev–Trinajstić information content (AvgIpc) is 2.95. The van der Waals surface area contributed by atoms with Gasteiger partial charge in [-0.2, -0.15) is 0 Å². The van der Waals surface area contributed by atoms with Gasteiger partial charge in [-0.25, -0.2) is 4.79 Å². The first-order valence-electron chi connectivity index (χ1n) is 7.43. The summed E-state index contributed by atoms with van der Waals surface area (Å²) in [4.78, 5) is 25.0. The summed E-state index contributed by atoms with van der Waals surface area (Å²) in [7, 11) is 0. The largest absolute Gasteiger partial charge is 0.478 e. The highest BCUT2D eigenvalue weighted by Crippen LogP contribution is 2.38. The van der Waals surface area contributed by atoms with Crippen LogP contribution in [0.3, 0.4) is 0 Å². The van der Waals surface area contributed by atoms with Crippen molar-refractivity contribution in [2.75, 3.05) is 12.3 Å². The van der Waals surface area contributed by atoms with Gasteiger partial charge in [0, 0.05) is 6.54 Å². The quantitative estimate of drug-likeness (QED) is 0.916. The number of carboxylic acids is 1. The SMILES string of the molecule is O=C(O)c1ccc([C@H]2SCC(=O)N2CCc2ccccc2)cc1. The van der Waals surface area contributed by atoms with Crippen LogP contribution in [0.15, 0.2) is 54.6 Å². The number of carbonyl (C=O) groups excluding carboxylic acids is 1. The van der Waals surface area contributed by atoms with Crippen molar-refractivity contribution in [1.82, 2.24) is 4.90 Å². The standard InChI is InChI=1S/C18H17NO3S/c20-16-12-23-17(14-6-8-15(9-7-14)18(21)22)19(16)11-10-13-4-2-1-3-5-13/h1-9,17H,10-12H2,(H,21,22)/t17-/m1/s1. The fourth-order valence-corrected chi connectivity index (χ4v) is 3.88. The van der Waals surface area contributed by atoms with Gasteiger partial charge in [0.05, 0.1) is 11.3 Å². The lowest BCUT2D eigenvalue weighted by Crippen LogP contribution is -2.30. The number of hydrogen-bond acceptors (Lipinski definition) is 3. The minimum atomic E-state index is -0.937. The van der Waals surface area contributed by atoms with Gasteiger partial charge in [-0.3, -0.25) is 4.79 Å². The molecule has 0 bridgehead atoms. The first-order valence-corrected chi connectivity index (χ1v) is 8.48. The van der Waals surface area contributed by atoms with Crippen molar-refractivity contribution in [2.24, 2.45) is 0 Å². The molecule has 1 fully saturated rings. The Labute approximate surface area is 139 Å². The summed E-state index contributed by atoms with van der Waals surface area (Å²) in [6.45, 7) is 0.668. The molecule has 0 spiro atoms. The summed E-state index contributed by atoms with van der Waals surface area (Å²) >= 11 is 1.59. The zero-order valence-corrected chi connectivity index (χ0v) is 13.3. The topological polar surface area (TPSA) is 57.6 Å². The van der Waals surface area contributed by atoms with Crippen LogP contribution in [0.4, 0.5) is 0 Å². The Hall–Kier alpha value is -2.27. The summed E-state index contributed by atoms with van der Waals surface area (Å²) in [5.41, 5.74) is 2.44. The maximum Gasteiger partial charge on any atom is 0.335 e. The molecule has 5 heteroatoms. The van der Waals surface area contributed by atoms with E-state index in [1.54, 1.807) is 36.0 Å². The minimum Gasteiger partial charge on any atom is -0.478 e. The smallest absolute Gasteiger partial charge is 0.335 e. The molecule has 0 unspecified atom stereocenters. The monoisotopic (exact) mass is 327 g/mol. The van der Waals surface area contributed by atoms with Crippen molar-refractivity contribution < 1.29 is 14.7 Å². The van der Waals surface area contributed by atoms with Gasteiger partial charge in [-0.15, -0.1) is 11.8 Å². The Morgan fingerprint density at radius 2 is 1.83 bits per heavy atom. The summed E-state index contributed by atoms with van der Waals surface area (Å²) in [6, 6.07) is 16.9. The van der Waals surface area contributed by atoms with Gasteiger partial charge in [0.1, 0.15) is 5.37 Å². The number of carboxylic acid groups (broad SMARTS) is 1. The van der Waals surface area contributed by atoms with Crippen molar-refractivity contribution in [1.29, 1.82) is 0 Å². The van der Waals surface area contributed by atoms with Crippen molar-refractivity contribution in [3.05, 3.63) is 71.3 Å². The van der Waals surface area contributed by atoms with Gasteiger partial charge in [0.2, 0.25) is 5.91 Å². The molecule has 3 rings (SSSR count). The predicted molar refractivity (Wildman–Crippen MR) is 90.5 cm³/mol. The lowest BCUT2D eigenvalue weighted by atomic mass is 10.1. The summed E-state index contributed by atoms with van der Waals surface area (Å²) in [5, 5.41) is 8.94. The zero-order valence-electron chi connectivity index (χ0n) is 12.5. The third kappa shape index (κ3) is 3.56. The molecule has 0 aliphatic carbocycles. The highest BCUT2D eigenvalue weighted by atomic mass is 32.2. The maximum atomic E-state index is 12.2. The fourth-order valence-electron chi connectivity index (χ4n) is 2.66. The normalized spacial score (nSPS) is 17.5. The number of rotatable bonds is 5. The Balaban J connectivity index is 1.72. The molecule has 1 amide bonds. The third-order valence-electron chi connectivity index (χ3n) is 3.90. The van der Waals surface area contributed by atoms with E-state index in [0.717, 1.165) is 12.0 Å². The molecule has 2 aromatic rings. The van der Waals surface area contributed by atoms with Gasteiger partial charge < -0.3 is 10.0 Å². The fraction of sp³-hybridized carbons (Fsp3) is 0.222. The van der Waals surface area contributed by atoms with Crippen LogP contribution in [-0.2, 0) is 11.2 Å². The number of hydrogen-bond donors (Lipinski definition) is 1. The molecule has 118 valence electrons. The molecular weight excluding hydrogens is 310 g/mol. The van der Waals surface area contributed by atoms with Crippen molar-refractivity contribution in [2.45, 2.75) is 11.8 Å². The van der Waals surface area contributed by atoms with Gasteiger partial charge >= 0.3 is 5.97 Å². The van der Waals surface area contributed by atoms with Gasteiger partial charge in [-0.1, -0.05) is 42.5 Å². The Morgan fingerprint density at radius 3 is 2.48 bits per heavy atom. The second-order valence-corrected chi connectivity index (χ2v) is 6.48. The Morgan fingerprint density at radius 1 is 1.13 bits per heavy atom. The molecule has 1 heterocycles. The highest BCUT2D eigenvalue weighted by molar-refractivity contribution is 8.00. The lowest BCUT2D eigenvalue weighted by molar-refractivity contribution is -0.128. The number of benzene rings is 2. The van der Waals surface area contributed by atoms with Crippen LogP contribution in [0.25, 0.3) is 0 Å². The molecule has 1 N–H and O–H groups in total. The maximum absolute atomic E-state index is 12.2. The minimum absolute atomic E-state index is 0.0333. The number of carbonyl (C=O) groups is 2. The average molecular weight is 327 g/mol. The van der Waals surface area contributed by atoms with E-state index in [1.165, 1.54) is 5.56 Å². The number of amides is 1. The molecule has 23 heavy (non-hydrogen) atoms. The van der Waals surface area contributed by atoms with E-state index in [4.69, 9.17) is 5.11 Å². The number of thioether (sulfide) groups is 1. The van der Waals surface area contributed by atoms with E-state index in [0.29, 0.717) is 12.3 Å². The van der Waals surface area contributed by atoms with Crippen molar-refractivity contribution in [3.63, 3.8) is 0 Å². The zero-order chi connectivity index (χ0) is 16.2. The molecular formula is C18H17NO3S. The molecule has 1 aliphatic heterocycles. The van der Waals surface area contributed by atoms with Crippen LogP contribution >= 0.6 is 11.8 Å². The van der Waals surface area contributed by atoms with Crippen LogP contribution in [0.1, 0.15) is 26.9 Å². The van der Waals surface area contributed by atoms with E-state index in [-0.39, 0.29) is 16.8 Å². The lowest BCUT2D eigenvalue weighted by Gasteiger charge is -2.24. The van der Waals surface area contributed by atoms with Crippen molar-refractivity contribution in [3.8, 4) is 0 Å². The molecule has 0 radical (unpaired) electrons. The summed E-state index contributed by atoms with van der Waals surface area (Å²) in [6.07, 6.45) is 0.816. The summed E-state index contributed by atoms with van der Waals surface area (Å²) < 4.78 is 0. The second-order valence-electron chi connectivity index (χ2n) is 5.41. The molecule has 1 aliphatic rings. The molecule has 1 saturated heterocycles. The van der Waals surface area contributed by atoms with Crippen LogP contribution in [0, 0.1) is 0 Å². The molecule has 0 saturated carbocycles. The first kappa shape index (κ1) is 15.6. The van der Waals surface area contributed by atoms with Crippen LogP contribution in [0.2, 0.25) is 0 Å². The Kier molecular flexibility index (Phi) is 4.67. The van der Waals surface area contributed by atoms with Crippen molar-refractivity contribution >= 4 is 23.6 Å². The number of aromatic carboxylic acids is 1. The van der Waals surface area contributed by atoms with E-state index in [9.17, 15) is 9.59 Å². The van der Waals surface area contributed by atoms with E-state index < -0.39 is 5.97 Å². The molecule has 1 atom stereocenters. The van der Waals surface area contributed by atoms with Gasteiger partial charge in [0.25, 0.3) is 0 Å². The number of nitrogens with zero attached hydrogens (tertiary/aromatic N) is 1. The van der Waals surface area contributed by atoms with E-state index in [2.05, 4.69) is 12.1 Å². The second kappa shape index (κ2) is 6.87.